The van der Waals surface area contributed by atoms with E-state index in [0.717, 1.165) is 0 Å². The zero-order valence-electron chi connectivity index (χ0n) is 16.4. The molecule has 0 saturated carbocycles. The van der Waals surface area contributed by atoms with Gasteiger partial charge in [0, 0.05) is 13.1 Å². The van der Waals surface area contributed by atoms with Crippen LogP contribution in [0, 0.1) is 11.6 Å². The summed E-state index contributed by atoms with van der Waals surface area (Å²) in [6.45, 7) is 0.936. The van der Waals surface area contributed by atoms with E-state index in [1.807, 2.05) is 0 Å². The lowest BCUT2D eigenvalue weighted by Crippen LogP contribution is -2.42. The van der Waals surface area contributed by atoms with Crippen LogP contribution >= 0.6 is 0 Å². The third kappa shape index (κ3) is 7.86. The van der Waals surface area contributed by atoms with E-state index in [4.69, 9.17) is 9.47 Å². The molecule has 0 atom stereocenters. The number of carbonyl (C=O) groups is 3. The standard InChI is InChI=1S/C21H22F2N2O5/c1-2-25(12-19(26)24-11-15-3-5-16(22)6-4-15)20(27)13-30-21(28)14-29-18-9-7-17(23)8-10-18/h3-10H,2,11-14H2,1H3,(H,24,26). The Morgan fingerprint density at radius 2 is 1.53 bits per heavy atom. The largest absolute Gasteiger partial charge is 0.482 e. The van der Waals surface area contributed by atoms with E-state index in [-0.39, 0.29) is 31.2 Å². The second kappa shape index (κ2) is 11.5. The van der Waals surface area contributed by atoms with Gasteiger partial charge in [-0.25, -0.2) is 13.6 Å². The second-order valence-electron chi connectivity index (χ2n) is 6.21. The molecule has 7 nitrogen and oxygen atoms in total. The van der Waals surface area contributed by atoms with Gasteiger partial charge in [-0.3, -0.25) is 9.59 Å². The Kier molecular flexibility index (Phi) is 8.74. The molecule has 2 aromatic rings. The number of carbonyl (C=O) groups excluding carboxylic acids is 3. The fourth-order valence-electron chi connectivity index (χ4n) is 2.36. The smallest absolute Gasteiger partial charge is 0.344 e. The van der Waals surface area contributed by atoms with Gasteiger partial charge in [0.25, 0.3) is 5.91 Å². The van der Waals surface area contributed by atoms with Crippen molar-refractivity contribution in [3.63, 3.8) is 0 Å². The number of halogens is 2. The van der Waals surface area contributed by atoms with Crippen molar-refractivity contribution in [3.05, 3.63) is 65.7 Å². The zero-order chi connectivity index (χ0) is 21.9. The quantitative estimate of drug-likeness (QED) is 0.595. The van der Waals surface area contributed by atoms with Crippen molar-refractivity contribution >= 4 is 17.8 Å². The van der Waals surface area contributed by atoms with Crippen LogP contribution in [0.25, 0.3) is 0 Å². The Hall–Kier alpha value is -3.49. The summed E-state index contributed by atoms with van der Waals surface area (Å²) in [5.41, 5.74) is 0.717. The monoisotopic (exact) mass is 420 g/mol. The number of nitrogens with one attached hydrogen (secondary N) is 1. The summed E-state index contributed by atoms with van der Waals surface area (Å²) in [7, 11) is 0. The molecule has 0 fully saturated rings. The van der Waals surface area contributed by atoms with Gasteiger partial charge >= 0.3 is 5.97 Å². The van der Waals surface area contributed by atoms with Gasteiger partial charge < -0.3 is 19.7 Å². The first-order chi connectivity index (χ1) is 14.4. The van der Waals surface area contributed by atoms with Gasteiger partial charge in [0.05, 0.1) is 6.54 Å². The number of hydrogen-bond donors (Lipinski definition) is 1. The van der Waals surface area contributed by atoms with Crippen LogP contribution in [0.4, 0.5) is 8.78 Å². The maximum atomic E-state index is 12.9. The molecular weight excluding hydrogens is 398 g/mol. The number of benzene rings is 2. The van der Waals surface area contributed by atoms with Crippen LogP contribution in [-0.2, 0) is 25.7 Å². The van der Waals surface area contributed by atoms with Crippen molar-refractivity contribution in [1.82, 2.24) is 10.2 Å². The van der Waals surface area contributed by atoms with Crippen LogP contribution in [-0.4, -0.2) is 49.0 Å². The highest BCUT2D eigenvalue weighted by Gasteiger charge is 2.17. The van der Waals surface area contributed by atoms with E-state index in [1.165, 1.54) is 41.3 Å². The molecule has 1 N–H and O–H groups in total. The molecule has 0 unspecified atom stereocenters. The predicted octanol–water partition coefficient (Wildman–Crippen LogP) is 2.05. The molecule has 0 radical (unpaired) electrons. The molecular formula is C21H22F2N2O5. The molecule has 0 aliphatic carbocycles. The van der Waals surface area contributed by atoms with E-state index >= 15 is 0 Å². The third-order valence-corrected chi connectivity index (χ3v) is 4.00. The van der Waals surface area contributed by atoms with Gasteiger partial charge in [0.1, 0.15) is 17.4 Å². The number of rotatable bonds is 10. The Balaban J connectivity index is 1.71. The summed E-state index contributed by atoms with van der Waals surface area (Å²) in [5.74, 6) is -2.23. The minimum absolute atomic E-state index is 0.195. The summed E-state index contributed by atoms with van der Waals surface area (Å²) in [5, 5.41) is 2.64. The molecule has 0 heterocycles. The van der Waals surface area contributed by atoms with Gasteiger partial charge in [0.15, 0.2) is 13.2 Å². The van der Waals surface area contributed by atoms with Gasteiger partial charge in [-0.15, -0.1) is 0 Å². The number of nitrogens with zero attached hydrogens (tertiary/aromatic N) is 1. The molecule has 0 aliphatic heterocycles. The van der Waals surface area contributed by atoms with Crippen LogP contribution in [0.15, 0.2) is 48.5 Å². The first-order valence-electron chi connectivity index (χ1n) is 9.20. The first-order valence-corrected chi connectivity index (χ1v) is 9.20. The molecule has 2 rings (SSSR count). The molecule has 9 heteroatoms. The summed E-state index contributed by atoms with van der Waals surface area (Å²) in [6.07, 6.45) is 0. The molecule has 2 aromatic carbocycles. The van der Waals surface area contributed by atoms with Crippen molar-refractivity contribution in [2.24, 2.45) is 0 Å². The fraction of sp³-hybridized carbons (Fsp3) is 0.286. The van der Waals surface area contributed by atoms with Gasteiger partial charge in [0.2, 0.25) is 5.91 Å². The lowest BCUT2D eigenvalue weighted by molar-refractivity contribution is -0.154. The lowest BCUT2D eigenvalue weighted by atomic mass is 10.2. The van der Waals surface area contributed by atoms with E-state index in [0.29, 0.717) is 5.56 Å². The molecule has 160 valence electrons. The van der Waals surface area contributed by atoms with Gasteiger partial charge in [-0.05, 0) is 48.9 Å². The Labute approximate surface area is 172 Å². The average Bonchev–Trinajstić information content (AvgIpc) is 2.75. The maximum absolute atomic E-state index is 12.9. The van der Waals surface area contributed by atoms with Crippen LogP contribution in [0.1, 0.15) is 12.5 Å². The molecule has 30 heavy (non-hydrogen) atoms. The SMILES string of the molecule is CCN(CC(=O)NCc1ccc(F)cc1)C(=O)COC(=O)COc1ccc(F)cc1. The highest BCUT2D eigenvalue weighted by atomic mass is 19.1. The predicted molar refractivity (Wildman–Crippen MR) is 103 cm³/mol. The van der Waals surface area contributed by atoms with E-state index in [2.05, 4.69) is 5.32 Å². The summed E-state index contributed by atoms with van der Waals surface area (Å²) < 4.78 is 35.7. The van der Waals surface area contributed by atoms with Crippen molar-refractivity contribution in [2.45, 2.75) is 13.5 Å². The molecule has 0 bridgehead atoms. The topological polar surface area (TPSA) is 84.9 Å². The highest BCUT2D eigenvalue weighted by Crippen LogP contribution is 2.10. The molecule has 0 aliphatic rings. The minimum Gasteiger partial charge on any atom is -0.482 e. The summed E-state index contributed by atoms with van der Waals surface area (Å²) >= 11 is 0. The van der Waals surface area contributed by atoms with Gasteiger partial charge in [-0.1, -0.05) is 12.1 Å². The third-order valence-electron chi connectivity index (χ3n) is 4.00. The van der Waals surface area contributed by atoms with Gasteiger partial charge in [-0.2, -0.15) is 0 Å². The number of ether oxygens (including phenoxy) is 2. The Morgan fingerprint density at radius 1 is 0.933 bits per heavy atom. The number of esters is 1. The fourth-order valence-corrected chi connectivity index (χ4v) is 2.36. The molecule has 0 saturated heterocycles. The Bertz CT molecular complexity index is 857. The maximum Gasteiger partial charge on any atom is 0.344 e. The summed E-state index contributed by atoms with van der Waals surface area (Å²) in [4.78, 5) is 37.2. The average molecular weight is 420 g/mol. The lowest BCUT2D eigenvalue weighted by Gasteiger charge is -2.20. The number of hydrogen-bond acceptors (Lipinski definition) is 5. The van der Waals surface area contributed by atoms with Crippen LogP contribution in [0.3, 0.4) is 0 Å². The van der Waals surface area contributed by atoms with E-state index in [1.54, 1.807) is 19.1 Å². The van der Waals surface area contributed by atoms with Crippen LogP contribution in [0.2, 0.25) is 0 Å². The molecule has 0 aromatic heterocycles. The number of amides is 2. The van der Waals surface area contributed by atoms with Crippen molar-refractivity contribution in [1.29, 1.82) is 0 Å². The molecule has 2 amide bonds. The van der Waals surface area contributed by atoms with E-state index < -0.39 is 36.8 Å². The van der Waals surface area contributed by atoms with Crippen molar-refractivity contribution in [3.8, 4) is 5.75 Å². The number of likely N-dealkylation sites (N-methyl/N-ethyl adjacent to an activating group) is 1. The molecule has 0 spiro atoms. The van der Waals surface area contributed by atoms with Crippen molar-refractivity contribution < 1.29 is 32.6 Å². The first kappa shape index (κ1) is 22.8. The van der Waals surface area contributed by atoms with Crippen LogP contribution < -0.4 is 10.1 Å². The van der Waals surface area contributed by atoms with Crippen LogP contribution in [0.5, 0.6) is 5.75 Å². The highest BCUT2D eigenvalue weighted by molar-refractivity contribution is 5.86. The van der Waals surface area contributed by atoms with E-state index in [9.17, 15) is 23.2 Å². The zero-order valence-corrected chi connectivity index (χ0v) is 16.4. The summed E-state index contributed by atoms with van der Waals surface area (Å²) in [6, 6.07) is 10.8. The Morgan fingerprint density at radius 3 is 2.13 bits per heavy atom. The minimum atomic E-state index is -0.774. The van der Waals surface area contributed by atoms with Crippen molar-refractivity contribution in [2.75, 3.05) is 26.3 Å². The normalized spacial score (nSPS) is 10.2. The second-order valence-corrected chi connectivity index (χ2v) is 6.21.